The van der Waals surface area contributed by atoms with E-state index in [1.165, 1.54) is 25.7 Å². The van der Waals surface area contributed by atoms with Crippen molar-refractivity contribution in [2.45, 2.75) is 95.7 Å². The highest BCUT2D eigenvalue weighted by molar-refractivity contribution is 5.16. The monoisotopic (exact) mass is 575 g/mol. The van der Waals surface area contributed by atoms with Crippen LogP contribution < -0.4 is 5.32 Å². The Morgan fingerprint density at radius 1 is 0.595 bits per heavy atom. The maximum Gasteiger partial charge on any atom is 0.114 e. The minimum absolute atomic E-state index is 0.138. The van der Waals surface area contributed by atoms with Crippen molar-refractivity contribution in [2.75, 3.05) is 13.2 Å². The molecule has 1 aliphatic carbocycles. The lowest BCUT2D eigenvalue weighted by atomic mass is 9.76. The van der Waals surface area contributed by atoms with E-state index in [0.29, 0.717) is 19.8 Å². The lowest BCUT2D eigenvalue weighted by Gasteiger charge is -2.49. The minimum Gasteiger partial charge on any atom is -0.396 e. The molecule has 3 N–H and O–H groups in total. The average Bonchev–Trinajstić information content (AvgIpc) is 3.04. The van der Waals surface area contributed by atoms with Gasteiger partial charge in [0.15, 0.2) is 0 Å². The molecule has 1 saturated carbocycles. The van der Waals surface area contributed by atoms with Crippen molar-refractivity contribution in [1.82, 2.24) is 5.32 Å². The summed E-state index contributed by atoms with van der Waals surface area (Å²) in [6, 6.07) is 29.6. The summed E-state index contributed by atoms with van der Waals surface area (Å²) in [5.41, 5.74) is 3.09. The second-order valence-corrected chi connectivity index (χ2v) is 11.4. The summed E-state index contributed by atoms with van der Waals surface area (Å²) in [5.74, 6) is -0.374. The fourth-order valence-corrected chi connectivity index (χ4v) is 5.85. The van der Waals surface area contributed by atoms with Gasteiger partial charge in [-0.1, -0.05) is 130 Å². The first-order chi connectivity index (χ1) is 20.7. The van der Waals surface area contributed by atoms with E-state index in [1.807, 2.05) is 91.0 Å². The molecule has 1 fully saturated rings. The van der Waals surface area contributed by atoms with Crippen LogP contribution in [-0.2, 0) is 34.0 Å². The molecule has 6 heteroatoms. The first-order valence-corrected chi connectivity index (χ1v) is 15.7. The van der Waals surface area contributed by atoms with Crippen LogP contribution in [0.4, 0.5) is 0 Å². The van der Waals surface area contributed by atoms with Gasteiger partial charge in [-0.2, -0.15) is 0 Å². The standard InChI is InChI=1S/C36H49NO5/c1-2-3-4-5-6-16-23-37-32-31(24-38)34(40-25-28-17-10-7-11-18-28)36(42-27-30-21-14-9-15-22-30)35(33(32)39)41-26-29-19-12-8-13-20-29/h7-15,17-22,31-39H,2-6,16,23-27H2,1H3/t31-,32+,33-,34-,35+,36+/m1/s1. The predicted octanol–water partition coefficient (Wildman–Crippen LogP) is 6.04. The number of aliphatic hydroxyl groups is 2. The summed E-state index contributed by atoms with van der Waals surface area (Å²) in [4.78, 5) is 0. The van der Waals surface area contributed by atoms with Gasteiger partial charge < -0.3 is 29.7 Å². The van der Waals surface area contributed by atoms with Crippen LogP contribution in [0, 0.1) is 5.92 Å². The molecule has 0 amide bonds. The van der Waals surface area contributed by atoms with Crippen LogP contribution in [0.15, 0.2) is 91.0 Å². The van der Waals surface area contributed by atoms with Crippen molar-refractivity contribution in [3.05, 3.63) is 108 Å². The van der Waals surface area contributed by atoms with Crippen LogP contribution in [-0.4, -0.2) is 53.8 Å². The Hall–Kier alpha value is -2.58. The number of hydrogen-bond acceptors (Lipinski definition) is 6. The Balaban J connectivity index is 1.55. The van der Waals surface area contributed by atoms with E-state index in [9.17, 15) is 10.2 Å². The first-order valence-electron chi connectivity index (χ1n) is 15.7. The van der Waals surface area contributed by atoms with Gasteiger partial charge in [-0.3, -0.25) is 0 Å². The number of rotatable bonds is 18. The van der Waals surface area contributed by atoms with Crippen molar-refractivity contribution in [2.24, 2.45) is 5.92 Å². The van der Waals surface area contributed by atoms with Gasteiger partial charge in [0.2, 0.25) is 0 Å². The molecule has 42 heavy (non-hydrogen) atoms. The van der Waals surface area contributed by atoms with Gasteiger partial charge in [0.05, 0.1) is 38.6 Å². The fourth-order valence-electron chi connectivity index (χ4n) is 5.85. The Labute approximate surface area is 252 Å². The van der Waals surface area contributed by atoms with Gasteiger partial charge in [0.1, 0.15) is 12.2 Å². The van der Waals surface area contributed by atoms with Gasteiger partial charge >= 0.3 is 0 Å². The van der Waals surface area contributed by atoms with E-state index >= 15 is 0 Å². The SMILES string of the molecule is CCCCCCCCN[C@@H]1[C@@H](O)[C@H](OCc2ccccc2)[C@@H](OCc2ccccc2)[C@H](OCc2ccccc2)[C@@H]1CO. The molecule has 0 heterocycles. The van der Waals surface area contributed by atoms with Crippen LogP contribution in [0.3, 0.4) is 0 Å². The third kappa shape index (κ3) is 9.73. The lowest BCUT2D eigenvalue weighted by molar-refractivity contribution is -0.231. The second kappa shape index (κ2) is 18.2. The molecular weight excluding hydrogens is 526 g/mol. The molecular formula is C36H49NO5. The van der Waals surface area contributed by atoms with Crippen molar-refractivity contribution in [3.8, 4) is 0 Å². The molecule has 3 aromatic rings. The molecule has 228 valence electrons. The number of unbranched alkanes of at least 4 members (excludes halogenated alkanes) is 5. The third-order valence-corrected chi connectivity index (χ3v) is 8.21. The van der Waals surface area contributed by atoms with E-state index in [1.54, 1.807) is 0 Å². The summed E-state index contributed by atoms with van der Waals surface area (Å²) in [7, 11) is 0. The molecule has 0 unspecified atom stereocenters. The summed E-state index contributed by atoms with van der Waals surface area (Å²) in [5, 5.41) is 26.1. The lowest BCUT2D eigenvalue weighted by Crippen LogP contribution is -2.67. The Kier molecular flexibility index (Phi) is 14.0. The highest BCUT2D eigenvalue weighted by atomic mass is 16.6. The maximum atomic E-state index is 11.8. The quantitative estimate of drug-likeness (QED) is 0.160. The Bertz CT molecular complexity index is 1100. The molecule has 0 aromatic heterocycles. The number of benzene rings is 3. The van der Waals surface area contributed by atoms with Crippen LogP contribution in [0.25, 0.3) is 0 Å². The normalized spacial score (nSPS) is 24.1. The summed E-state index contributed by atoms with van der Waals surface area (Å²) in [6.45, 7) is 3.91. The van der Waals surface area contributed by atoms with Gasteiger partial charge in [-0.05, 0) is 29.7 Å². The van der Waals surface area contributed by atoms with E-state index < -0.39 is 30.5 Å². The number of nitrogens with one attached hydrogen (secondary N) is 1. The molecule has 4 rings (SSSR count). The Morgan fingerprint density at radius 2 is 1.05 bits per heavy atom. The van der Waals surface area contributed by atoms with Gasteiger partial charge in [-0.25, -0.2) is 0 Å². The molecule has 0 saturated heterocycles. The molecule has 0 radical (unpaired) electrons. The van der Waals surface area contributed by atoms with Crippen LogP contribution in [0.5, 0.6) is 0 Å². The zero-order valence-electron chi connectivity index (χ0n) is 25.0. The zero-order valence-corrected chi connectivity index (χ0v) is 25.0. The maximum absolute atomic E-state index is 11.8. The average molecular weight is 576 g/mol. The van der Waals surface area contributed by atoms with Crippen molar-refractivity contribution in [1.29, 1.82) is 0 Å². The van der Waals surface area contributed by atoms with E-state index in [4.69, 9.17) is 14.2 Å². The number of ether oxygens (including phenoxy) is 3. The van der Waals surface area contributed by atoms with Crippen LogP contribution in [0.2, 0.25) is 0 Å². The molecule has 0 bridgehead atoms. The van der Waals surface area contributed by atoms with Crippen molar-refractivity contribution in [3.63, 3.8) is 0 Å². The largest absolute Gasteiger partial charge is 0.396 e. The topological polar surface area (TPSA) is 80.2 Å². The van der Waals surface area contributed by atoms with Gasteiger partial charge in [-0.15, -0.1) is 0 Å². The molecule has 1 aliphatic rings. The molecule has 0 aliphatic heterocycles. The highest BCUT2D eigenvalue weighted by Gasteiger charge is 2.52. The molecule has 3 aromatic carbocycles. The third-order valence-electron chi connectivity index (χ3n) is 8.21. The first kappa shape index (κ1) is 32.3. The summed E-state index contributed by atoms with van der Waals surface area (Å²) >= 11 is 0. The van der Waals surface area contributed by atoms with Crippen molar-refractivity contribution < 1.29 is 24.4 Å². The number of aliphatic hydroxyl groups excluding tert-OH is 2. The van der Waals surface area contributed by atoms with E-state index in [-0.39, 0.29) is 12.5 Å². The van der Waals surface area contributed by atoms with Crippen LogP contribution >= 0.6 is 0 Å². The smallest absolute Gasteiger partial charge is 0.114 e. The summed E-state index contributed by atoms with van der Waals surface area (Å²) < 4.78 is 19.6. The second-order valence-electron chi connectivity index (χ2n) is 11.4. The summed E-state index contributed by atoms with van der Waals surface area (Å²) in [6.07, 6.45) is 4.51. The van der Waals surface area contributed by atoms with Gasteiger partial charge in [0.25, 0.3) is 0 Å². The highest BCUT2D eigenvalue weighted by Crippen LogP contribution is 2.34. The van der Waals surface area contributed by atoms with Crippen molar-refractivity contribution >= 4 is 0 Å². The molecule has 6 atom stereocenters. The molecule has 6 nitrogen and oxygen atoms in total. The Morgan fingerprint density at radius 3 is 1.55 bits per heavy atom. The van der Waals surface area contributed by atoms with Gasteiger partial charge in [0, 0.05) is 12.0 Å². The fraction of sp³-hybridized carbons (Fsp3) is 0.500. The van der Waals surface area contributed by atoms with Crippen LogP contribution in [0.1, 0.15) is 62.1 Å². The number of hydrogen-bond donors (Lipinski definition) is 3. The van der Waals surface area contributed by atoms with E-state index in [0.717, 1.165) is 36.1 Å². The van der Waals surface area contributed by atoms with E-state index in [2.05, 4.69) is 12.2 Å². The minimum atomic E-state index is -0.886. The zero-order chi connectivity index (χ0) is 29.4. The predicted molar refractivity (Wildman–Crippen MR) is 167 cm³/mol. The molecule has 0 spiro atoms.